The molecule has 1 aromatic heterocycles. The van der Waals surface area contributed by atoms with Gasteiger partial charge in [-0.2, -0.15) is 0 Å². The summed E-state index contributed by atoms with van der Waals surface area (Å²) in [5.41, 5.74) is 5.31. The van der Waals surface area contributed by atoms with E-state index in [9.17, 15) is 4.79 Å². The summed E-state index contributed by atoms with van der Waals surface area (Å²) in [5, 5.41) is 9.10. The minimum Gasteiger partial charge on any atom is -0.482 e. The molecule has 6 rings (SSSR count). The maximum atomic E-state index is 11.1. The first kappa shape index (κ1) is 26.7. The number of benzene rings is 3. The summed E-state index contributed by atoms with van der Waals surface area (Å²) < 4.78 is 12.3. The second-order valence-corrected chi connectivity index (χ2v) is 9.77. The summed E-state index contributed by atoms with van der Waals surface area (Å²) in [6.07, 6.45) is 5.04. The van der Waals surface area contributed by atoms with E-state index in [2.05, 4.69) is 35.2 Å². The Bertz CT molecular complexity index is 1330. The fraction of sp³-hybridized carbons (Fsp3) is 0.290. The van der Waals surface area contributed by atoms with Gasteiger partial charge in [-0.05, 0) is 55.8 Å². The van der Waals surface area contributed by atoms with Crippen LogP contribution in [0.5, 0.6) is 5.75 Å². The molecule has 0 spiro atoms. The van der Waals surface area contributed by atoms with E-state index >= 15 is 0 Å². The average molecular weight is 518 g/mol. The number of carbonyl (C=O) groups is 1. The van der Waals surface area contributed by atoms with Gasteiger partial charge in [0.05, 0.1) is 6.04 Å². The summed E-state index contributed by atoms with van der Waals surface area (Å²) in [7, 11) is 0. The first-order chi connectivity index (χ1) is 18.2. The minimum atomic E-state index is -0.961. The predicted octanol–water partition coefficient (Wildman–Crippen LogP) is 6.31. The van der Waals surface area contributed by atoms with Crippen molar-refractivity contribution in [2.24, 2.45) is 0 Å². The molecule has 189 valence electrons. The molecule has 1 fully saturated rings. The number of aromatic nitrogens is 1. The van der Waals surface area contributed by atoms with Crippen LogP contribution in [0.3, 0.4) is 0 Å². The molecule has 1 N–H and O–H groups in total. The second kappa shape index (κ2) is 11.9. The van der Waals surface area contributed by atoms with Crippen LogP contribution < -0.4 is 4.74 Å². The third kappa shape index (κ3) is 5.32. The Morgan fingerprint density at radius 1 is 0.921 bits per heavy atom. The number of rotatable bonds is 7. The maximum absolute atomic E-state index is 11.1. The number of likely N-dealkylation sites (tertiary alicyclic amines) is 1. The Labute approximate surface area is 244 Å². The fourth-order valence-electron chi connectivity index (χ4n) is 5.89. The first-order valence-electron chi connectivity index (χ1n) is 13.0. The van der Waals surface area contributed by atoms with Crippen LogP contribution in [0.4, 0.5) is 0 Å². The summed E-state index contributed by atoms with van der Waals surface area (Å²) in [5.74, 6) is 1.30. The van der Waals surface area contributed by atoms with Gasteiger partial charge in [0.15, 0.2) is 12.4 Å². The number of fused-ring (bicyclic) bond motifs is 1. The van der Waals surface area contributed by atoms with E-state index in [0.717, 1.165) is 72.7 Å². The van der Waals surface area contributed by atoms with Gasteiger partial charge >= 0.3 is 5.97 Å². The van der Waals surface area contributed by atoms with Crippen molar-refractivity contribution in [1.82, 2.24) is 9.88 Å². The Balaban J connectivity index is 0.00000294. The molecule has 2 aliphatic rings. The zero-order chi connectivity index (χ0) is 25.2. The molecular formula is C31H30N2NaO4. The minimum absolute atomic E-state index is 0. The van der Waals surface area contributed by atoms with Gasteiger partial charge in [-0.1, -0.05) is 72.8 Å². The molecule has 1 radical (unpaired) electrons. The number of hydrogen-bond acceptors (Lipinski definition) is 5. The quantitative estimate of drug-likeness (QED) is 0.290. The summed E-state index contributed by atoms with van der Waals surface area (Å²) in [4.78, 5) is 18.7. The number of carboxylic acid groups (broad SMARTS) is 1. The number of aliphatic carboxylic acids is 1. The van der Waals surface area contributed by atoms with Crippen LogP contribution in [0, 0.1) is 0 Å². The van der Waals surface area contributed by atoms with Crippen molar-refractivity contribution in [3.8, 4) is 28.3 Å². The Morgan fingerprint density at radius 3 is 2.37 bits per heavy atom. The van der Waals surface area contributed by atoms with E-state index in [-0.39, 0.29) is 48.2 Å². The van der Waals surface area contributed by atoms with Gasteiger partial charge in [0.1, 0.15) is 11.4 Å². The van der Waals surface area contributed by atoms with E-state index in [1.165, 1.54) is 5.56 Å². The molecule has 38 heavy (non-hydrogen) atoms. The fourth-order valence-corrected chi connectivity index (χ4v) is 5.89. The molecule has 2 atom stereocenters. The monoisotopic (exact) mass is 517 g/mol. The number of nitrogens with zero attached hydrogens (tertiary/aromatic N) is 2. The van der Waals surface area contributed by atoms with E-state index in [1.807, 2.05) is 48.5 Å². The van der Waals surface area contributed by atoms with Gasteiger partial charge in [-0.15, -0.1) is 0 Å². The SMILES string of the molecule is O=C(O)COc1cccc2c1CCC[C@H]2N1CCC[C@@H]1c1nc(-c2ccccc2)c(-c2ccccc2)o1.[Na]. The summed E-state index contributed by atoms with van der Waals surface area (Å²) in [6.45, 7) is 0.646. The van der Waals surface area contributed by atoms with E-state index in [0.29, 0.717) is 5.75 Å². The van der Waals surface area contributed by atoms with Gasteiger partial charge in [0.2, 0.25) is 5.89 Å². The smallest absolute Gasteiger partial charge is 0.341 e. The molecule has 0 saturated carbocycles. The molecular weight excluding hydrogens is 487 g/mol. The van der Waals surface area contributed by atoms with Crippen LogP contribution in [0.15, 0.2) is 83.3 Å². The number of hydrogen-bond donors (Lipinski definition) is 1. The third-order valence-corrected chi connectivity index (χ3v) is 7.49. The Morgan fingerprint density at radius 2 is 1.63 bits per heavy atom. The second-order valence-electron chi connectivity index (χ2n) is 9.77. The van der Waals surface area contributed by atoms with Crippen LogP contribution in [0.25, 0.3) is 22.6 Å². The van der Waals surface area contributed by atoms with Crippen molar-refractivity contribution >= 4 is 35.5 Å². The Kier molecular flexibility index (Phi) is 8.34. The van der Waals surface area contributed by atoms with Gasteiger partial charge in [-0.3, -0.25) is 4.90 Å². The van der Waals surface area contributed by atoms with Crippen molar-refractivity contribution < 1.29 is 19.1 Å². The standard InChI is InChI=1S/C31H30N2O4.Na/c34-28(35)20-36-27-18-8-14-23-24(27)15-7-16-25(23)33-19-9-17-26(33)31-32-29(21-10-3-1-4-11-21)30(37-31)22-12-5-2-6-13-22;/h1-6,8,10-14,18,25-26H,7,9,15-17,19-20H2,(H,34,35);/t25-,26-;/m1./s1. The van der Waals surface area contributed by atoms with Crippen molar-refractivity contribution in [3.05, 3.63) is 95.9 Å². The van der Waals surface area contributed by atoms with Crippen LogP contribution in [0.2, 0.25) is 0 Å². The predicted molar refractivity (Wildman–Crippen MR) is 147 cm³/mol. The molecule has 2 heterocycles. The van der Waals surface area contributed by atoms with Crippen LogP contribution in [0.1, 0.15) is 54.8 Å². The Hall–Kier alpha value is -2.90. The van der Waals surface area contributed by atoms with Crippen LogP contribution in [-0.2, 0) is 11.2 Å². The van der Waals surface area contributed by atoms with E-state index in [1.54, 1.807) is 0 Å². The zero-order valence-corrected chi connectivity index (χ0v) is 23.7. The largest absolute Gasteiger partial charge is 0.482 e. The van der Waals surface area contributed by atoms with E-state index < -0.39 is 5.97 Å². The molecule has 1 aliphatic heterocycles. The van der Waals surface area contributed by atoms with E-state index in [4.69, 9.17) is 19.2 Å². The van der Waals surface area contributed by atoms with Gasteiger partial charge in [-0.25, -0.2) is 9.78 Å². The van der Waals surface area contributed by atoms with Crippen molar-refractivity contribution in [2.45, 2.75) is 44.2 Å². The first-order valence-corrected chi connectivity index (χ1v) is 13.0. The van der Waals surface area contributed by atoms with Crippen LogP contribution in [-0.4, -0.2) is 63.7 Å². The molecule has 0 bridgehead atoms. The van der Waals surface area contributed by atoms with Gasteiger partial charge < -0.3 is 14.3 Å². The third-order valence-electron chi connectivity index (χ3n) is 7.49. The number of carboxylic acids is 1. The van der Waals surface area contributed by atoms with Crippen molar-refractivity contribution in [3.63, 3.8) is 0 Å². The zero-order valence-electron chi connectivity index (χ0n) is 21.7. The molecule has 7 heteroatoms. The van der Waals surface area contributed by atoms with Gasteiger partial charge in [0, 0.05) is 46.7 Å². The molecule has 4 aromatic rings. The molecule has 1 saturated heterocycles. The normalized spacial score (nSPS) is 18.9. The summed E-state index contributed by atoms with van der Waals surface area (Å²) >= 11 is 0. The molecule has 0 unspecified atom stereocenters. The molecule has 1 aliphatic carbocycles. The topological polar surface area (TPSA) is 75.8 Å². The average Bonchev–Trinajstić information content (AvgIpc) is 3.60. The maximum Gasteiger partial charge on any atom is 0.341 e. The van der Waals surface area contributed by atoms with Gasteiger partial charge in [0.25, 0.3) is 0 Å². The number of ether oxygens (including phenoxy) is 1. The van der Waals surface area contributed by atoms with Crippen molar-refractivity contribution in [1.29, 1.82) is 0 Å². The van der Waals surface area contributed by atoms with Crippen molar-refractivity contribution in [2.75, 3.05) is 13.2 Å². The summed E-state index contributed by atoms with van der Waals surface area (Å²) in [6, 6.07) is 26.8. The molecule has 0 amide bonds. The molecule has 6 nitrogen and oxygen atoms in total. The number of oxazole rings is 1. The molecule has 3 aromatic carbocycles. The van der Waals surface area contributed by atoms with Crippen LogP contribution >= 0.6 is 0 Å².